The number of hydrogen-bond acceptors (Lipinski definition) is 4. The van der Waals surface area contributed by atoms with Gasteiger partial charge in [-0.05, 0) is 39.5 Å². The van der Waals surface area contributed by atoms with Crippen molar-refractivity contribution in [2.75, 3.05) is 13.1 Å². The van der Waals surface area contributed by atoms with Crippen molar-refractivity contribution in [1.82, 2.24) is 4.90 Å². The number of ketones is 1. The summed E-state index contributed by atoms with van der Waals surface area (Å²) in [5.41, 5.74) is -0.476. The van der Waals surface area contributed by atoms with Crippen LogP contribution in [0.5, 0.6) is 0 Å². The fourth-order valence-corrected chi connectivity index (χ4v) is 2.13. The zero-order valence-electron chi connectivity index (χ0n) is 11.9. The van der Waals surface area contributed by atoms with Gasteiger partial charge in [0.2, 0.25) is 0 Å². The standard InChI is InChI=1S/C14H22N2O3/c1-14(2,3)19-13(18)16-8-5-11(6-9-16)10-12(17)4-7-15/h11H,4-6,8-10H2,1-3H3. The molecule has 5 heteroatoms. The zero-order chi connectivity index (χ0) is 14.5. The van der Waals surface area contributed by atoms with Crippen molar-refractivity contribution in [3.63, 3.8) is 0 Å². The third-order valence-electron chi connectivity index (χ3n) is 3.06. The third kappa shape index (κ3) is 5.73. The first kappa shape index (κ1) is 15.5. The van der Waals surface area contributed by atoms with Crippen LogP contribution in [-0.2, 0) is 9.53 Å². The molecule has 0 bridgehead atoms. The Hall–Kier alpha value is -1.57. The highest BCUT2D eigenvalue weighted by Crippen LogP contribution is 2.22. The third-order valence-corrected chi connectivity index (χ3v) is 3.06. The molecule has 0 aliphatic carbocycles. The van der Waals surface area contributed by atoms with Crippen LogP contribution in [0.4, 0.5) is 4.79 Å². The Morgan fingerprint density at radius 2 is 1.89 bits per heavy atom. The quantitative estimate of drug-likeness (QED) is 0.787. The summed E-state index contributed by atoms with van der Waals surface area (Å²) in [7, 11) is 0. The molecule has 0 aromatic rings. The maximum absolute atomic E-state index is 11.8. The van der Waals surface area contributed by atoms with E-state index in [-0.39, 0.29) is 18.3 Å². The van der Waals surface area contributed by atoms with Gasteiger partial charge < -0.3 is 9.64 Å². The summed E-state index contributed by atoms with van der Waals surface area (Å²) >= 11 is 0. The second-order valence-electron chi connectivity index (χ2n) is 5.99. The van der Waals surface area contributed by atoms with E-state index in [2.05, 4.69) is 0 Å². The molecule has 1 amide bonds. The number of rotatable bonds is 3. The molecule has 1 saturated heterocycles. The van der Waals surface area contributed by atoms with Crippen molar-refractivity contribution in [3.8, 4) is 6.07 Å². The Labute approximate surface area is 114 Å². The van der Waals surface area contributed by atoms with E-state index >= 15 is 0 Å². The van der Waals surface area contributed by atoms with Gasteiger partial charge in [0.05, 0.1) is 12.5 Å². The van der Waals surface area contributed by atoms with Gasteiger partial charge in [0.25, 0.3) is 0 Å². The van der Waals surface area contributed by atoms with Crippen LogP contribution in [0.15, 0.2) is 0 Å². The molecule has 1 aliphatic heterocycles. The minimum absolute atomic E-state index is 0.00165. The van der Waals surface area contributed by atoms with Gasteiger partial charge in [-0.25, -0.2) is 4.79 Å². The fourth-order valence-electron chi connectivity index (χ4n) is 2.13. The lowest BCUT2D eigenvalue weighted by atomic mass is 9.91. The molecular formula is C14H22N2O3. The maximum atomic E-state index is 11.8. The average molecular weight is 266 g/mol. The van der Waals surface area contributed by atoms with E-state index in [4.69, 9.17) is 10.00 Å². The SMILES string of the molecule is CC(C)(C)OC(=O)N1CCC(CC(=O)CC#N)CC1. The van der Waals surface area contributed by atoms with E-state index in [1.807, 2.05) is 26.8 Å². The Morgan fingerprint density at radius 1 is 1.32 bits per heavy atom. The van der Waals surface area contributed by atoms with Gasteiger partial charge in [-0.2, -0.15) is 5.26 Å². The number of carbonyl (C=O) groups is 2. The van der Waals surface area contributed by atoms with Crippen LogP contribution in [0.3, 0.4) is 0 Å². The summed E-state index contributed by atoms with van der Waals surface area (Å²) in [4.78, 5) is 24.9. The Bertz CT molecular complexity index is 371. The van der Waals surface area contributed by atoms with Gasteiger partial charge in [-0.3, -0.25) is 4.79 Å². The highest BCUT2D eigenvalue weighted by Gasteiger charge is 2.27. The van der Waals surface area contributed by atoms with Gasteiger partial charge in [0.1, 0.15) is 11.4 Å². The molecule has 0 atom stereocenters. The van der Waals surface area contributed by atoms with Crippen molar-refractivity contribution in [3.05, 3.63) is 0 Å². The lowest BCUT2D eigenvalue weighted by Gasteiger charge is -2.33. The van der Waals surface area contributed by atoms with E-state index in [1.54, 1.807) is 4.90 Å². The highest BCUT2D eigenvalue weighted by atomic mass is 16.6. The monoisotopic (exact) mass is 266 g/mol. The summed E-state index contributed by atoms with van der Waals surface area (Å²) in [5.74, 6) is 0.290. The average Bonchev–Trinajstić information content (AvgIpc) is 2.27. The molecular weight excluding hydrogens is 244 g/mol. The molecule has 1 aliphatic rings. The minimum atomic E-state index is -0.476. The lowest BCUT2D eigenvalue weighted by molar-refractivity contribution is -0.119. The molecule has 0 unspecified atom stereocenters. The van der Waals surface area contributed by atoms with Crippen molar-refractivity contribution in [1.29, 1.82) is 5.26 Å². The Morgan fingerprint density at radius 3 is 2.37 bits per heavy atom. The normalized spacial score (nSPS) is 16.8. The van der Waals surface area contributed by atoms with E-state index < -0.39 is 5.60 Å². The first-order chi connectivity index (χ1) is 8.81. The van der Waals surface area contributed by atoms with Gasteiger partial charge in [-0.15, -0.1) is 0 Å². The molecule has 0 aromatic heterocycles. The van der Waals surface area contributed by atoms with Crippen LogP contribution in [0.25, 0.3) is 0 Å². The first-order valence-corrected chi connectivity index (χ1v) is 6.68. The van der Waals surface area contributed by atoms with Crippen molar-refractivity contribution < 1.29 is 14.3 Å². The van der Waals surface area contributed by atoms with Crippen LogP contribution in [0.2, 0.25) is 0 Å². The van der Waals surface area contributed by atoms with Gasteiger partial charge in [-0.1, -0.05) is 0 Å². The molecule has 5 nitrogen and oxygen atoms in total. The van der Waals surface area contributed by atoms with Crippen LogP contribution in [0, 0.1) is 17.2 Å². The van der Waals surface area contributed by atoms with Gasteiger partial charge in [0.15, 0.2) is 0 Å². The number of nitriles is 1. The van der Waals surface area contributed by atoms with E-state index in [0.29, 0.717) is 25.4 Å². The Kier molecular flexibility index (Phi) is 5.34. The summed E-state index contributed by atoms with van der Waals surface area (Å²) < 4.78 is 5.31. The van der Waals surface area contributed by atoms with Crippen LogP contribution in [-0.4, -0.2) is 35.5 Å². The molecule has 0 saturated carbocycles. The van der Waals surface area contributed by atoms with Crippen molar-refractivity contribution in [2.45, 2.75) is 52.1 Å². The predicted octanol–water partition coefficient (Wildman–Crippen LogP) is 2.51. The molecule has 0 spiro atoms. The Balaban J connectivity index is 2.35. The summed E-state index contributed by atoms with van der Waals surface area (Å²) in [6.45, 7) is 6.79. The topological polar surface area (TPSA) is 70.4 Å². The predicted molar refractivity (Wildman–Crippen MR) is 70.4 cm³/mol. The molecule has 0 aromatic carbocycles. The molecule has 106 valence electrons. The summed E-state index contributed by atoms with van der Waals surface area (Å²) in [5, 5.41) is 8.45. The summed E-state index contributed by atoms with van der Waals surface area (Å²) in [6.07, 6.45) is 1.77. The van der Waals surface area contributed by atoms with Crippen LogP contribution >= 0.6 is 0 Å². The molecule has 0 N–H and O–H groups in total. The first-order valence-electron chi connectivity index (χ1n) is 6.68. The molecule has 1 fully saturated rings. The number of piperidine rings is 1. The van der Waals surface area contributed by atoms with Crippen LogP contribution < -0.4 is 0 Å². The van der Waals surface area contributed by atoms with E-state index in [9.17, 15) is 9.59 Å². The molecule has 1 rings (SSSR count). The largest absolute Gasteiger partial charge is 0.444 e. The van der Waals surface area contributed by atoms with E-state index in [1.165, 1.54) is 0 Å². The maximum Gasteiger partial charge on any atom is 0.410 e. The fraction of sp³-hybridized carbons (Fsp3) is 0.786. The lowest BCUT2D eigenvalue weighted by Crippen LogP contribution is -2.42. The number of likely N-dealkylation sites (tertiary alicyclic amines) is 1. The number of carbonyl (C=O) groups excluding carboxylic acids is 2. The van der Waals surface area contributed by atoms with E-state index in [0.717, 1.165) is 12.8 Å². The van der Waals surface area contributed by atoms with Crippen molar-refractivity contribution >= 4 is 11.9 Å². The zero-order valence-corrected chi connectivity index (χ0v) is 11.9. The summed E-state index contributed by atoms with van der Waals surface area (Å²) in [6, 6.07) is 1.88. The molecule has 0 radical (unpaired) electrons. The van der Waals surface area contributed by atoms with Gasteiger partial charge in [0, 0.05) is 19.5 Å². The second-order valence-corrected chi connectivity index (χ2v) is 5.99. The number of ether oxygens (including phenoxy) is 1. The van der Waals surface area contributed by atoms with Crippen molar-refractivity contribution in [2.24, 2.45) is 5.92 Å². The number of amides is 1. The smallest absolute Gasteiger partial charge is 0.410 e. The molecule has 19 heavy (non-hydrogen) atoms. The number of nitrogens with zero attached hydrogens (tertiary/aromatic N) is 2. The van der Waals surface area contributed by atoms with Crippen LogP contribution in [0.1, 0.15) is 46.5 Å². The number of hydrogen-bond donors (Lipinski definition) is 0. The second kappa shape index (κ2) is 6.55. The highest BCUT2D eigenvalue weighted by molar-refractivity contribution is 5.80. The number of Topliss-reactive ketones (excluding diaryl/α,β-unsaturated/α-hetero) is 1. The molecule has 1 heterocycles. The van der Waals surface area contributed by atoms with Gasteiger partial charge >= 0.3 is 6.09 Å². The minimum Gasteiger partial charge on any atom is -0.444 e.